The van der Waals surface area contributed by atoms with Crippen molar-refractivity contribution in [3.63, 3.8) is 0 Å². The van der Waals surface area contributed by atoms with Crippen LogP contribution in [0.2, 0.25) is 5.02 Å². The fraction of sp³-hybridized carbons (Fsp3) is 0.300. The molecule has 2 aromatic carbocycles. The molecular weight excluding hydrogens is 348 g/mol. The fourth-order valence-electron chi connectivity index (χ4n) is 2.91. The molecular formula is C20H23ClN4O. The minimum atomic E-state index is -0.0802. The van der Waals surface area contributed by atoms with Crippen molar-refractivity contribution in [1.29, 1.82) is 0 Å². The number of nitrogens with one attached hydrogen (secondary N) is 1. The first kappa shape index (κ1) is 18.6. The molecule has 0 aliphatic carbocycles. The molecule has 1 aliphatic heterocycles. The third kappa shape index (κ3) is 5.95. The van der Waals surface area contributed by atoms with Gasteiger partial charge in [-0.15, -0.1) is 0 Å². The van der Waals surface area contributed by atoms with Crippen LogP contribution < -0.4 is 5.43 Å². The number of carbonyl (C=O) groups is 1. The van der Waals surface area contributed by atoms with Crippen molar-refractivity contribution in [1.82, 2.24) is 15.2 Å². The van der Waals surface area contributed by atoms with E-state index < -0.39 is 0 Å². The molecule has 1 aliphatic rings. The molecule has 0 saturated carbocycles. The van der Waals surface area contributed by atoms with Crippen LogP contribution in [0.3, 0.4) is 0 Å². The molecule has 6 heteroatoms. The highest BCUT2D eigenvalue weighted by Gasteiger charge is 2.18. The minimum Gasteiger partial charge on any atom is -0.297 e. The Hall–Kier alpha value is -2.21. The highest BCUT2D eigenvalue weighted by atomic mass is 35.5. The van der Waals surface area contributed by atoms with Gasteiger partial charge in [-0.3, -0.25) is 14.6 Å². The van der Waals surface area contributed by atoms with Gasteiger partial charge in [0.1, 0.15) is 0 Å². The van der Waals surface area contributed by atoms with Crippen LogP contribution >= 0.6 is 11.6 Å². The van der Waals surface area contributed by atoms with Gasteiger partial charge in [-0.2, -0.15) is 5.10 Å². The van der Waals surface area contributed by atoms with E-state index in [9.17, 15) is 4.79 Å². The van der Waals surface area contributed by atoms with E-state index in [0.29, 0.717) is 6.54 Å². The normalized spacial score (nSPS) is 16.0. The predicted octanol–water partition coefficient (Wildman–Crippen LogP) is 2.61. The standard InChI is InChI=1S/C20H23ClN4O/c21-19-8-6-18(7-9-19)15-24-10-12-25(13-11-24)16-20(26)23-22-14-17-4-2-1-3-5-17/h1-9,14H,10-13,15-16H2,(H,23,26)/b22-14+. The third-order valence-electron chi connectivity index (χ3n) is 4.35. The Kier molecular flexibility index (Phi) is 6.77. The topological polar surface area (TPSA) is 47.9 Å². The van der Waals surface area contributed by atoms with Crippen LogP contribution in [0.4, 0.5) is 0 Å². The molecule has 2 aromatic rings. The second-order valence-electron chi connectivity index (χ2n) is 6.38. The summed E-state index contributed by atoms with van der Waals surface area (Å²) in [7, 11) is 0. The zero-order valence-corrected chi connectivity index (χ0v) is 15.4. The van der Waals surface area contributed by atoms with Gasteiger partial charge >= 0.3 is 0 Å². The summed E-state index contributed by atoms with van der Waals surface area (Å²) >= 11 is 5.92. The highest BCUT2D eigenvalue weighted by molar-refractivity contribution is 6.30. The highest BCUT2D eigenvalue weighted by Crippen LogP contribution is 2.12. The number of hydrazone groups is 1. The Morgan fingerprint density at radius 3 is 2.35 bits per heavy atom. The SMILES string of the molecule is O=C(CN1CCN(Cc2ccc(Cl)cc2)CC1)N/N=C/c1ccccc1. The molecule has 26 heavy (non-hydrogen) atoms. The molecule has 1 N–H and O–H groups in total. The van der Waals surface area contributed by atoms with Gasteiger partial charge in [0.2, 0.25) is 0 Å². The average Bonchev–Trinajstić information content (AvgIpc) is 2.66. The summed E-state index contributed by atoms with van der Waals surface area (Å²) < 4.78 is 0. The Morgan fingerprint density at radius 1 is 1.00 bits per heavy atom. The summed E-state index contributed by atoms with van der Waals surface area (Å²) in [5, 5.41) is 4.78. The van der Waals surface area contributed by atoms with E-state index in [1.165, 1.54) is 5.56 Å². The van der Waals surface area contributed by atoms with Crippen LogP contribution in [0.5, 0.6) is 0 Å². The van der Waals surface area contributed by atoms with Gasteiger partial charge in [0.15, 0.2) is 0 Å². The number of hydrogen-bond acceptors (Lipinski definition) is 4. The summed E-state index contributed by atoms with van der Waals surface area (Å²) in [5.74, 6) is -0.0802. The zero-order valence-electron chi connectivity index (χ0n) is 14.6. The summed E-state index contributed by atoms with van der Waals surface area (Å²) in [6, 6.07) is 17.7. The predicted molar refractivity (Wildman–Crippen MR) is 105 cm³/mol. The van der Waals surface area contributed by atoms with E-state index >= 15 is 0 Å². The number of rotatable bonds is 6. The molecule has 5 nitrogen and oxygen atoms in total. The van der Waals surface area contributed by atoms with Crippen LogP contribution in [0.25, 0.3) is 0 Å². The number of amides is 1. The van der Waals surface area contributed by atoms with Crippen molar-refractivity contribution in [3.05, 3.63) is 70.7 Å². The van der Waals surface area contributed by atoms with Gasteiger partial charge in [0, 0.05) is 37.7 Å². The number of halogens is 1. The van der Waals surface area contributed by atoms with E-state index in [-0.39, 0.29) is 5.91 Å². The van der Waals surface area contributed by atoms with E-state index in [1.807, 2.05) is 42.5 Å². The van der Waals surface area contributed by atoms with Crippen LogP contribution in [-0.2, 0) is 11.3 Å². The molecule has 136 valence electrons. The number of nitrogens with zero attached hydrogens (tertiary/aromatic N) is 3. The van der Waals surface area contributed by atoms with Crippen molar-refractivity contribution < 1.29 is 4.79 Å². The molecule has 0 radical (unpaired) electrons. The van der Waals surface area contributed by atoms with E-state index in [0.717, 1.165) is 43.3 Å². The smallest absolute Gasteiger partial charge is 0.254 e. The Balaban J connectivity index is 1.37. The van der Waals surface area contributed by atoms with Gasteiger partial charge in [0.25, 0.3) is 5.91 Å². The summed E-state index contributed by atoms with van der Waals surface area (Å²) in [5.41, 5.74) is 4.82. The van der Waals surface area contributed by atoms with Gasteiger partial charge in [0.05, 0.1) is 12.8 Å². The number of carbonyl (C=O) groups excluding carboxylic acids is 1. The first-order valence-electron chi connectivity index (χ1n) is 8.75. The van der Waals surface area contributed by atoms with Gasteiger partial charge in [-0.25, -0.2) is 5.43 Å². The third-order valence-corrected chi connectivity index (χ3v) is 4.61. The number of piperazine rings is 1. The van der Waals surface area contributed by atoms with E-state index in [1.54, 1.807) is 6.21 Å². The Bertz CT molecular complexity index is 725. The lowest BCUT2D eigenvalue weighted by molar-refractivity contribution is -0.122. The van der Waals surface area contributed by atoms with Crippen LogP contribution in [0.15, 0.2) is 59.7 Å². The van der Waals surface area contributed by atoms with Crippen molar-refractivity contribution in [2.24, 2.45) is 5.10 Å². The number of hydrogen-bond donors (Lipinski definition) is 1. The number of benzene rings is 2. The maximum Gasteiger partial charge on any atom is 0.254 e. The van der Waals surface area contributed by atoms with Crippen LogP contribution in [0.1, 0.15) is 11.1 Å². The van der Waals surface area contributed by atoms with E-state index in [2.05, 4.69) is 32.5 Å². The average molecular weight is 371 g/mol. The zero-order chi connectivity index (χ0) is 18.2. The Morgan fingerprint density at radius 2 is 1.65 bits per heavy atom. The van der Waals surface area contributed by atoms with Crippen molar-refractivity contribution >= 4 is 23.7 Å². The maximum absolute atomic E-state index is 12.0. The molecule has 3 rings (SSSR count). The second kappa shape index (κ2) is 9.48. The van der Waals surface area contributed by atoms with Crippen molar-refractivity contribution in [3.8, 4) is 0 Å². The largest absolute Gasteiger partial charge is 0.297 e. The van der Waals surface area contributed by atoms with Gasteiger partial charge in [-0.1, -0.05) is 54.1 Å². The summed E-state index contributed by atoms with van der Waals surface area (Å²) in [6.07, 6.45) is 1.65. The van der Waals surface area contributed by atoms with Gasteiger partial charge in [-0.05, 0) is 23.3 Å². The summed E-state index contributed by atoms with van der Waals surface area (Å²) in [4.78, 5) is 16.6. The molecule has 0 bridgehead atoms. The quantitative estimate of drug-likeness (QED) is 0.628. The molecule has 0 spiro atoms. The first-order chi connectivity index (χ1) is 12.7. The first-order valence-corrected chi connectivity index (χ1v) is 9.13. The minimum absolute atomic E-state index is 0.0802. The molecule has 0 unspecified atom stereocenters. The molecule has 0 atom stereocenters. The Labute approximate surface area is 159 Å². The lowest BCUT2D eigenvalue weighted by Crippen LogP contribution is -2.48. The monoisotopic (exact) mass is 370 g/mol. The molecule has 1 saturated heterocycles. The maximum atomic E-state index is 12.0. The van der Waals surface area contributed by atoms with Crippen molar-refractivity contribution in [2.45, 2.75) is 6.54 Å². The van der Waals surface area contributed by atoms with Crippen LogP contribution in [-0.4, -0.2) is 54.6 Å². The molecule has 0 aromatic heterocycles. The lowest BCUT2D eigenvalue weighted by atomic mass is 10.2. The van der Waals surface area contributed by atoms with E-state index in [4.69, 9.17) is 11.6 Å². The molecule has 1 amide bonds. The molecule has 1 fully saturated rings. The van der Waals surface area contributed by atoms with Gasteiger partial charge < -0.3 is 0 Å². The van der Waals surface area contributed by atoms with Crippen LogP contribution in [0, 0.1) is 0 Å². The second-order valence-corrected chi connectivity index (χ2v) is 6.82. The lowest BCUT2D eigenvalue weighted by Gasteiger charge is -2.34. The molecule has 1 heterocycles. The van der Waals surface area contributed by atoms with Crippen molar-refractivity contribution in [2.75, 3.05) is 32.7 Å². The fourth-order valence-corrected chi connectivity index (χ4v) is 3.04. The summed E-state index contributed by atoms with van der Waals surface area (Å²) in [6.45, 7) is 4.94.